The summed E-state index contributed by atoms with van der Waals surface area (Å²) in [7, 11) is 0. The minimum absolute atomic E-state index is 0.0888. The van der Waals surface area contributed by atoms with Crippen molar-refractivity contribution in [3.8, 4) is 5.75 Å². The Kier molecular flexibility index (Phi) is 3.10. The van der Waals surface area contributed by atoms with Crippen LogP contribution in [0, 0.1) is 0 Å². The maximum atomic E-state index is 10.7. The number of hydrogen-bond acceptors (Lipinski definition) is 3. The number of benzene rings is 1. The van der Waals surface area contributed by atoms with Crippen molar-refractivity contribution in [2.45, 2.75) is 25.4 Å². The Morgan fingerprint density at radius 3 is 2.44 bits per heavy atom. The first-order valence-corrected chi connectivity index (χ1v) is 5.39. The van der Waals surface area contributed by atoms with Crippen LogP contribution in [0.5, 0.6) is 5.75 Å². The Balaban J connectivity index is 1.99. The molecule has 0 heterocycles. The molecule has 0 bridgehead atoms. The van der Waals surface area contributed by atoms with Gasteiger partial charge in [0.25, 0.3) is 0 Å². The van der Waals surface area contributed by atoms with Crippen molar-refractivity contribution in [2.75, 3.05) is 6.54 Å². The number of carboxylic acid groups (broad SMARTS) is 1. The summed E-state index contributed by atoms with van der Waals surface area (Å²) in [6.07, 6.45) is 2.18. The summed E-state index contributed by atoms with van der Waals surface area (Å²) in [5, 5.41) is 18.0. The number of hydrogen-bond donors (Lipinski definition) is 2. The number of carboxylic acids is 1. The second kappa shape index (κ2) is 4.53. The van der Waals surface area contributed by atoms with E-state index in [1.807, 2.05) is 17.0 Å². The molecule has 0 aliphatic heterocycles. The van der Waals surface area contributed by atoms with Gasteiger partial charge in [0.15, 0.2) is 0 Å². The van der Waals surface area contributed by atoms with E-state index in [0.29, 0.717) is 12.6 Å². The summed E-state index contributed by atoms with van der Waals surface area (Å²) in [5.74, 6) is -0.550. The molecule has 0 radical (unpaired) electrons. The zero-order valence-corrected chi connectivity index (χ0v) is 8.97. The van der Waals surface area contributed by atoms with E-state index in [0.717, 1.165) is 18.4 Å². The van der Waals surface area contributed by atoms with Gasteiger partial charge in [-0.25, -0.2) is 0 Å². The molecule has 0 unspecified atom stereocenters. The monoisotopic (exact) mass is 221 g/mol. The molecule has 0 saturated heterocycles. The molecule has 0 atom stereocenters. The molecule has 0 aromatic heterocycles. The molecular formula is C12H15NO3. The van der Waals surface area contributed by atoms with E-state index in [2.05, 4.69) is 0 Å². The van der Waals surface area contributed by atoms with Gasteiger partial charge in [-0.2, -0.15) is 0 Å². The van der Waals surface area contributed by atoms with Crippen molar-refractivity contribution in [2.24, 2.45) is 0 Å². The highest BCUT2D eigenvalue weighted by molar-refractivity contribution is 5.69. The van der Waals surface area contributed by atoms with Crippen LogP contribution in [0.15, 0.2) is 24.3 Å². The van der Waals surface area contributed by atoms with Crippen LogP contribution >= 0.6 is 0 Å². The minimum Gasteiger partial charge on any atom is -0.508 e. The van der Waals surface area contributed by atoms with E-state index in [-0.39, 0.29) is 12.3 Å². The second-order valence-electron chi connectivity index (χ2n) is 4.20. The molecule has 1 fully saturated rings. The zero-order valence-electron chi connectivity index (χ0n) is 8.97. The van der Waals surface area contributed by atoms with Gasteiger partial charge in [0.2, 0.25) is 0 Å². The van der Waals surface area contributed by atoms with Crippen LogP contribution < -0.4 is 0 Å². The quantitative estimate of drug-likeness (QED) is 0.789. The van der Waals surface area contributed by atoms with Gasteiger partial charge >= 0.3 is 5.97 Å². The van der Waals surface area contributed by atoms with E-state index in [9.17, 15) is 4.79 Å². The van der Waals surface area contributed by atoms with Crippen LogP contribution in [-0.2, 0) is 11.3 Å². The summed E-state index contributed by atoms with van der Waals surface area (Å²) in [5.41, 5.74) is 1.03. The zero-order chi connectivity index (χ0) is 11.5. The molecule has 1 aromatic rings. The fraction of sp³-hybridized carbons (Fsp3) is 0.417. The van der Waals surface area contributed by atoms with Gasteiger partial charge in [0.05, 0.1) is 6.54 Å². The number of rotatable bonds is 5. The molecule has 1 aromatic carbocycles. The van der Waals surface area contributed by atoms with Crippen molar-refractivity contribution < 1.29 is 15.0 Å². The number of phenolic OH excluding ortho intramolecular Hbond substituents is 1. The molecule has 2 rings (SSSR count). The van der Waals surface area contributed by atoms with Crippen molar-refractivity contribution in [3.05, 3.63) is 29.8 Å². The van der Waals surface area contributed by atoms with Crippen molar-refractivity contribution >= 4 is 5.97 Å². The SMILES string of the molecule is O=C(O)CN(Cc1ccc(O)cc1)C1CC1. The molecule has 0 spiro atoms. The van der Waals surface area contributed by atoms with Gasteiger partial charge in [-0.1, -0.05) is 12.1 Å². The maximum Gasteiger partial charge on any atom is 0.317 e. The van der Waals surface area contributed by atoms with E-state index in [1.165, 1.54) is 0 Å². The van der Waals surface area contributed by atoms with Crippen LogP contribution in [0.4, 0.5) is 0 Å². The predicted molar refractivity (Wildman–Crippen MR) is 59.2 cm³/mol. The lowest BCUT2D eigenvalue weighted by Crippen LogP contribution is -2.31. The number of aliphatic carboxylic acids is 1. The first kappa shape index (κ1) is 11.0. The summed E-state index contributed by atoms with van der Waals surface area (Å²) in [6, 6.07) is 7.33. The van der Waals surface area contributed by atoms with Gasteiger partial charge in [0.1, 0.15) is 5.75 Å². The van der Waals surface area contributed by atoms with Crippen LogP contribution in [-0.4, -0.2) is 33.7 Å². The highest BCUT2D eigenvalue weighted by Gasteiger charge is 2.30. The smallest absolute Gasteiger partial charge is 0.317 e. The highest BCUT2D eigenvalue weighted by atomic mass is 16.4. The summed E-state index contributed by atoms with van der Waals surface area (Å²) in [6.45, 7) is 0.725. The minimum atomic E-state index is -0.786. The molecule has 2 N–H and O–H groups in total. The molecule has 1 aliphatic rings. The molecule has 0 amide bonds. The van der Waals surface area contributed by atoms with E-state index in [4.69, 9.17) is 10.2 Å². The van der Waals surface area contributed by atoms with Crippen molar-refractivity contribution in [1.82, 2.24) is 4.90 Å². The van der Waals surface area contributed by atoms with Gasteiger partial charge in [-0.3, -0.25) is 9.69 Å². The van der Waals surface area contributed by atoms with E-state index >= 15 is 0 Å². The molecule has 1 aliphatic carbocycles. The molecule has 4 heteroatoms. The molecule has 1 saturated carbocycles. The van der Waals surface area contributed by atoms with Crippen LogP contribution in [0.25, 0.3) is 0 Å². The largest absolute Gasteiger partial charge is 0.508 e. The van der Waals surface area contributed by atoms with Crippen LogP contribution in [0.1, 0.15) is 18.4 Å². The topological polar surface area (TPSA) is 60.8 Å². The predicted octanol–water partition coefficient (Wildman–Crippen LogP) is 1.44. The average Bonchev–Trinajstić information content (AvgIpc) is 3.03. The van der Waals surface area contributed by atoms with Crippen LogP contribution in [0.3, 0.4) is 0 Å². The lowest BCUT2D eigenvalue weighted by molar-refractivity contribution is -0.138. The second-order valence-corrected chi connectivity index (χ2v) is 4.20. The van der Waals surface area contributed by atoms with Crippen molar-refractivity contribution in [3.63, 3.8) is 0 Å². The number of aromatic hydroxyl groups is 1. The maximum absolute atomic E-state index is 10.7. The molecule has 86 valence electrons. The average molecular weight is 221 g/mol. The molecule has 16 heavy (non-hydrogen) atoms. The van der Waals surface area contributed by atoms with E-state index < -0.39 is 5.97 Å². The Hall–Kier alpha value is -1.55. The first-order chi connectivity index (χ1) is 7.65. The van der Waals surface area contributed by atoms with Gasteiger partial charge in [0, 0.05) is 12.6 Å². The third-order valence-corrected chi connectivity index (χ3v) is 2.72. The third kappa shape index (κ3) is 2.97. The van der Waals surface area contributed by atoms with E-state index in [1.54, 1.807) is 12.1 Å². The number of carbonyl (C=O) groups is 1. The third-order valence-electron chi connectivity index (χ3n) is 2.72. The highest BCUT2D eigenvalue weighted by Crippen LogP contribution is 2.28. The first-order valence-electron chi connectivity index (χ1n) is 5.39. The van der Waals surface area contributed by atoms with Gasteiger partial charge < -0.3 is 10.2 Å². The van der Waals surface area contributed by atoms with Gasteiger partial charge in [-0.05, 0) is 30.5 Å². The molecule has 4 nitrogen and oxygen atoms in total. The lowest BCUT2D eigenvalue weighted by atomic mass is 10.2. The number of phenols is 1. The van der Waals surface area contributed by atoms with Crippen molar-refractivity contribution in [1.29, 1.82) is 0 Å². The lowest BCUT2D eigenvalue weighted by Gasteiger charge is -2.19. The Labute approximate surface area is 94.1 Å². The molecular weight excluding hydrogens is 206 g/mol. The van der Waals surface area contributed by atoms with Crippen LogP contribution in [0.2, 0.25) is 0 Å². The fourth-order valence-corrected chi connectivity index (χ4v) is 1.76. The summed E-state index contributed by atoms with van der Waals surface area (Å²) < 4.78 is 0. The fourth-order valence-electron chi connectivity index (χ4n) is 1.76. The normalized spacial score (nSPS) is 15.3. The Morgan fingerprint density at radius 2 is 1.94 bits per heavy atom. The summed E-state index contributed by atoms with van der Waals surface area (Å²) in [4.78, 5) is 12.7. The Bertz CT molecular complexity index is 370. The standard InChI is InChI=1S/C12H15NO3/c14-11-5-1-9(2-6-11)7-13(8-12(15)16)10-3-4-10/h1-2,5-6,10,14H,3-4,7-8H2,(H,15,16). The number of nitrogens with zero attached hydrogens (tertiary/aromatic N) is 1. The summed E-state index contributed by atoms with van der Waals surface area (Å²) >= 11 is 0. The Morgan fingerprint density at radius 1 is 1.31 bits per heavy atom. The van der Waals surface area contributed by atoms with Gasteiger partial charge in [-0.15, -0.1) is 0 Å².